The highest BCUT2D eigenvalue weighted by Crippen LogP contribution is 2.28. The third kappa shape index (κ3) is 4.90. The highest BCUT2D eigenvalue weighted by atomic mass is 19.1. The van der Waals surface area contributed by atoms with Gasteiger partial charge in [0, 0.05) is 50.9 Å². The van der Waals surface area contributed by atoms with Gasteiger partial charge < -0.3 is 4.90 Å². The van der Waals surface area contributed by atoms with Crippen LogP contribution in [0.2, 0.25) is 0 Å². The summed E-state index contributed by atoms with van der Waals surface area (Å²) < 4.78 is 13.8. The molecular weight excluding hydrogens is 413 g/mol. The van der Waals surface area contributed by atoms with Crippen molar-refractivity contribution >= 4 is 12.0 Å². The summed E-state index contributed by atoms with van der Waals surface area (Å²) in [6.45, 7) is 9.71. The lowest BCUT2D eigenvalue weighted by Crippen LogP contribution is -2.53. The minimum Gasteiger partial charge on any atom is -0.339 e. The molecule has 0 unspecified atom stereocenters. The molecule has 1 amide bonds. The Kier molecular flexibility index (Phi) is 6.61. The van der Waals surface area contributed by atoms with Crippen LogP contribution >= 0.6 is 0 Å². The van der Waals surface area contributed by atoms with E-state index in [-0.39, 0.29) is 11.7 Å². The lowest BCUT2D eigenvalue weighted by atomic mass is 9.94. The van der Waals surface area contributed by atoms with Gasteiger partial charge in [0.2, 0.25) is 5.91 Å². The van der Waals surface area contributed by atoms with Gasteiger partial charge in [0.15, 0.2) is 0 Å². The molecule has 0 radical (unpaired) electrons. The number of hydrogen-bond acceptors (Lipinski definition) is 3. The van der Waals surface area contributed by atoms with E-state index in [1.807, 2.05) is 12.1 Å². The molecule has 3 aliphatic rings. The first kappa shape index (κ1) is 22.3. The Balaban J connectivity index is 1.18. The third-order valence-electron chi connectivity index (χ3n) is 7.71. The second-order valence-corrected chi connectivity index (χ2v) is 9.74. The van der Waals surface area contributed by atoms with Gasteiger partial charge in [0.05, 0.1) is 6.54 Å². The minimum absolute atomic E-state index is 0.244. The first-order valence-electron chi connectivity index (χ1n) is 12.4. The van der Waals surface area contributed by atoms with Gasteiger partial charge in [0.25, 0.3) is 0 Å². The van der Waals surface area contributed by atoms with Crippen LogP contribution in [0.15, 0.2) is 43.0 Å². The molecule has 2 fully saturated rings. The van der Waals surface area contributed by atoms with Crippen LogP contribution in [0.25, 0.3) is 17.2 Å². The molecule has 4 nitrogen and oxygen atoms in total. The Morgan fingerprint density at radius 3 is 2.45 bits per heavy atom. The van der Waals surface area contributed by atoms with Crippen LogP contribution in [0.5, 0.6) is 0 Å². The van der Waals surface area contributed by atoms with Gasteiger partial charge >= 0.3 is 0 Å². The highest BCUT2D eigenvalue weighted by molar-refractivity contribution is 5.78. The zero-order chi connectivity index (χ0) is 22.8. The molecule has 2 aliphatic heterocycles. The van der Waals surface area contributed by atoms with Crippen LogP contribution in [0.3, 0.4) is 0 Å². The molecule has 0 atom stereocenters. The smallest absolute Gasteiger partial charge is 0.236 e. The first-order valence-corrected chi connectivity index (χ1v) is 12.4. The molecule has 0 spiro atoms. The summed E-state index contributed by atoms with van der Waals surface area (Å²) in [6.07, 6.45) is 7.88. The molecule has 1 aliphatic carbocycles. The van der Waals surface area contributed by atoms with Crippen LogP contribution < -0.4 is 0 Å². The van der Waals surface area contributed by atoms with Gasteiger partial charge in [-0.25, -0.2) is 4.39 Å². The van der Waals surface area contributed by atoms with E-state index in [2.05, 4.69) is 39.5 Å². The maximum absolute atomic E-state index is 13.8. The zero-order valence-electron chi connectivity index (χ0n) is 19.4. The van der Waals surface area contributed by atoms with E-state index in [1.54, 1.807) is 6.08 Å². The fraction of sp³-hybridized carbons (Fsp3) is 0.464. The van der Waals surface area contributed by atoms with Crippen molar-refractivity contribution in [1.29, 1.82) is 0 Å². The van der Waals surface area contributed by atoms with Crippen LogP contribution in [-0.2, 0) is 17.8 Å². The number of nitrogens with zero attached hydrogens (tertiary/aromatic N) is 3. The van der Waals surface area contributed by atoms with Gasteiger partial charge in [-0.15, -0.1) is 0 Å². The molecule has 33 heavy (non-hydrogen) atoms. The van der Waals surface area contributed by atoms with E-state index in [1.165, 1.54) is 42.9 Å². The molecule has 1 saturated heterocycles. The van der Waals surface area contributed by atoms with E-state index in [0.717, 1.165) is 62.9 Å². The van der Waals surface area contributed by atoms with Gasteiger partial charge in [-0.2, -0.15) is 0 Å². The third-order valence-corrected chi connectivity index (χ3v) is 7.71. The molecule has 0 N–H and O–H groups in total. The maximum Gasteiger partial charge on any atom is 0.236 e. The number of halogens is 1. The summed E-state index contributed by atoms with van der Waals surface area (Å²) in [5.74, 6) is 0.0244. The van der Waals surface area contributed by atoms with Crippen LogP contribution in [-0.4, -0.2) is 65.9 Å². The van der Waals surface area contributed by atoms with E-state index in [4.69, 9.17) is 0 Å². The molecule has 0 bridgehead atoms. The lowest BCUT2D eigenvalue weighted by molar-refractivity contribution is -0.134. The highest BCUT2D eigenvalue weighted by Gasteiger charge is 2.29. The first-order chi connectivity index (χ1) is 16.1. The van der Waals surface area contributed by atoms with Crippen molar-refractivity contribution in [2.24, 2.45) is 0 Å². The number of hydrogen-bond donors (Lipinski definition) is 0. The van der Waals surface area contributed by atoms with Crippen LogP contribution in [0.4, 0.5) is 4.39 Å². The standard InChI is InChI=1S/C28H34FN3O/c1-2-21-17-23(9-10-27(21)29)22-7-8-25-19-30(12-11-24(25)18-22)20-28(33)32-15-13-31(14-16-32)26-5-3-4-6-26/h2,7-10,17-18,26H,1,3-6,11-16,19-20H2. The minimum atomic E-state index is -0.244. The normalized spacial score (nSPS) is 20.1. The molecule has 174 valence electrons. The van der Waals surface area contributed by atoms with Gasteiger partial charge in [-0.3, -0.25) is 14.6 Å². The summed E-state index contributed by atoms with van der Waals surface area (Å²) in [4.78, 5) is 19.9. The van der Waals surface area contributed by atoms with E-state index in [9.17, 15) is 9.18 Å². The number of piperazine rings is 1. The topological polar surface area (TPSA) is 26.8 Å². The number of carbonyl (C=O) groups is 1. The van der Waals surface area contributed by atoms with Crippen molar-refractivity contribution < 1.29 is 9.18 Å². The predicted octanol–water partition coefficient (Wildman–Crippen LogP) is 4.58. The monoisotopic (exact) mass is 447 g/mol. The Labute approximate surface area is 196 Å². The molecular formula is C28H34FN3O. The SMILES string of the molecule is C=Cc1cc(-c2ccc3c(c2)CCN(CC(=O)N2CCN(C4CCCC4)CC2)C3)ccc1F. The average molecular weight is 448 g/mol. The van der Waals surface area contributed by atoms with Crippen molar-refractivity contribution in [2.45, 2.75) is 44.7 Å². The molecule has 2 aromatic rings. The van der Waals surface area contributed by atoms with Crippen molar-refractivity contribution in [3.63, 3.8) is 0 Å². The summed E-state index contributed by atoms with van der Waals surface area (Å²) >= 11 is 0. The number of fused-ring (bicyclic) bond motifs is 1. The molecule has 5 rings (SSSR count). The quantitative estimate of drug-likeness (QED) is 0.671. The van der Waals surface area contributed by atoms with Crippen molar-refractivity contribution in [2.75, 3.05) is 39.3 Å². The van der Waals surface area contributed by atoms with Crippen molar-refractivity contribution in [1.82, 2.24) is 14.7 Å². The van der Waals surface area contributed by atoms with Gasteiger partial charge in [-0.05, 0) is 53.6 Å². The molecule has 0 aromatic heterocycles. The second kappa shape index (κ2) is 9.78. The van der Waals surface area contributed by atoms with Crippen molar-refractivity contribution in [3.05, 3.63) is 65.5 Å². The van der Waals surface area contributed by atoms with E-state index in [0.29, 0.717) is 12.1 Å². The number of amides is 1. The van der Waals surface area contributed by atoms with Gasteiger partial charge in [-0.1, -0.05) is 49.8 Å². The predicted molar refractivity (Wildman–Crippen MR) is 131 cm³/mol. The zero-order valence-corrected chi connectivity index (χ0v) is 19.4. The second-order valence-electron chi connectivity index (χ2n) is 9.74. The van der Waals surface area contributed by atoms with Gasteiger partial charge in [0.1, 0.15) is 5.82 Å². The van der Waals surface area contributed by atoms with Crippen LogP contribution in [0.1, 0.15) is 42.4 Å². The van der Waals surface area contributed by atoms with Crippen LogP contribution in [0, 0.1) is 5.82 Å². The fourth-order valence-corrected chi connectivity index (χ4v) is 5.70. The molecule has 2 heterocycles. The number of benzene rings is 2. The Hall–Kier alpha value is -2.50. The summed E-state index contributed by atoms with van der Waals surface area (Å²) in [6, 6.07) is 12.4. The summed E-state index contributed by atoms with van der Waals surface area (Å²) in [5, 5.41) is 0. The van der Waals surface area contributed by atoms with Crippen molar-refractivity contribution in [3.8, 4) is 11.1 Å². The number of rotatable bonds is 5. The summed E-state index contributed by atoms with van der Waals surface area (Å²) in [5.41, 5.74) is 5.24. The largest absolute Gasteiger partial charge is 0.339 e. The fourth-order valence-electron chi connectivity index (χ4n) is 5.70. The Bertz CT molecular complexity index is 1020. The lowest BCUT2D eigenvalue weighted by Gasteiger charge is -2.39. The number of carbonyl (C=O) groups excluding carboxylic acids is 1. The molecule has 2 aromatic carbocycles. The Morgan fingerprint density at radius 2 is 1.70 bits per heavy atom. The van der Waals surface area contributed by atoms with E-state index < -0.39 is 0 Å². The van der Waals surface area contributed by atoms with E-state index >= 15 is 0 Å². The average Bonchev–Trinajstić information content (AvgIpc) is 3.39. The molecule has 5 heteroatoms. The summed E-state index contributed by atoms with van der Waals surface area (Å²) in [7, 11) is 0. The maximum atomic E-state index is 13.8. The molecule has 1 saturated carbocycles. The Morgan fingerprint density at radius 1 is 0.970 bits per heavy atom.